The summed E-state index contributed by atoms with van der Waals surface area (Å²) in [5.41, 5.74) is 1.90. The van der Waals surface area contributed by atoms with Crippen molar-refractivity contribution in [3.63, 3.8) is 0 Å². The number of ether oxygens (including phenoxy) is 1. The Morgan fingerprint density at radius 2 is 2.31 bits per heavy atom. The maximum absolute atomic E-state index is 5.47. The van der Waals surface area contributed by atoms with Gasteiger partial charge in [0, 0.05) is 12.6 Å². The molecule has 0 aromatic carbocycles. The molecule has 1 N–H and O–H groups in total. The van der Waals surface area contributed by atoms with E-state index in [1.165, 1.54) is 31.3 Å². The van der Waals surface area contributed by atoms with E-state index < -0.39 is 0 Å². The number of hydrogen-bond acceptors (Lipinski definition) is 2. The Morgan fingerprint density at radius 1 is 1.44 bits per heavy atom. The molecule has 0 saturated heterocycles. The average molecular weight is 223 g/mol. The van der Waals surface area contributed by atoms with Crippen molar-refractivity contribution in [2.24, 2.45) is 5.41 Å². The van der Waals surface area contributed by atoms with Gasteiger partial charge in [-0.3, -0.25) is 0 Å². The van der Waals surface area contributed by atoms with Gasteiger partial charge in [0.1, 0.15) is 0 Å². The summed E-state index contributed by atoms with van der Waals surface area (Å²) in [5.74, 6) is 0. The van der Waals surface area contributed by atoms with E-state index in [9.17, 15) is 0 Å². The van der Waals surface area contributed by atoms with Gasteiger partial charge in [0.05, 0.1) is 13.2 Å². The van der Waals surface area contributed by atoms with Gasteiger partial charge in [0.2, 0.25) is 0 Å². The van der Waals surface area contributed by atoms with Gasteiger partial charge in [0.15, 0.2) is 0 Å². The van der Waals surface area contributed by atoms with Crippen LogP contribution in [0.15, 0.2) is 11.6 Å². The van der Waals surface area contributed by atoms with Crippen LogP contribution in [0.2, 0.25) is 0 Å². The molecule has 2 nitrogen and oxygen atoms in total. The first-order chi connectivity index (χ1) is 7.68. The standard InChI is InChI=1S/C14H25NO/c1-14(2)8-4-3-7-13(14)15-10-12-6-5-9-16-11-12/h6,13,15H,3-5,7-11H2,1-2H3. The second kappa shape index (κ2) is 5.33. The van der Waals surface area contributed by atoms with Gasteiger partial charge in [-0.25, -0.2) is 0 Å². The monoisotopic (exact) mass is 223 g/mol. The SMILES string of the molecule is CC1(C)CCCCC1NCC1=CCCOC1. The maximum atomic E-state index is 5.47. The Labute approximate surface area is 99.4 Å². The molecular weight excluding hydrogens is 198 g/mol. The zero-order valence-electron chi connectivity index (χ0n) is 10.7. The molecular formula is C14H25NO. The normalized spacial score (nSPS) is 29.9. The number of rotatable bonds is 3. The van der Waals surface area contributed by atoms with Gasteiger partial charge in [-0.2, -0.15) is 0 Å². The van der Waals surface area contributed by atoms with Crippen LogP contribution in [0.5, 0.6) is 0 Å². The van der Waals surface area contributed by atoms with Crippen LogP contribution in [0, 0.1) is 5.41 Å². The number of nitrogens with one attached hydrogen (secondary N) is 1. The Morgan fingerprint density at radius 3 is 3.00 bits per heavy atom. The molecule has 16 heavy (non-hydrogen) atoms. The fraction of sp³-hybridized carbons (Fsp3) is 0.857. The summed E-state index contributed by atoms with van der Waals surface area (Å²) in [6.07, 6.45) is 8.91. The van der Waals surface area contributed by atoms with Crippen LogP contribution in [0.3, 0.4) is 0 Å². The van der Waals surface area contributed by atoms with Crippen molar-refractivity contribution in [2.75, 3.05) is 19.8 Å². The molecule has 0 amide bonds. The molecule has 0 spiro atoms. The molecule has 92 valence electrons. The van der Waals surface area contributed by atoms with Crippen LogP contribution in [0.25, 0.3) is 0 Å². The molecule has 0 bridgehead atoms. The molecule has 0 aromatic heterocycles. The van der Waals surface area contributed by atoms with Crippen LogP contribution in [0.4, 0.5) is 0 Å². The van der Waals surface area contributed by atoms with Gasteiger partial charge in [-0.15, -0.1) is 0 Å². The van der Waals surface area contributed by atoms with E-state index in [1.54, 1.807) is 0 Å². The molecule has 1 aliphatic heterocycles. The van der Waals surface area contributed by atoms with Crippen LogP contribution < -0.4 is 5.32 Å². The van der Waals surface area contributed by atoms with Crippen molar-refractivity contribution in [3.05, 3.63) is 11.6 Å². The fourth-order valence-electron chi connectivity index (χ4n) is 2.86. The Balaban J connectivity index is 1.82. The Kier molecular flexibility index (Phi) is 4.04. The van der Waals surface area contributed by atoms with Gasteiger partial charge in [-0.05, 0) is 30.3 Å². The molecule has 2 rings (SSSR count). The molecule has 1 aliphatic carbocycles. The van der Waals surface area contributed by atoms with Gasteiger partial charge in [0.25, 0.3) is 0 Å². The van der Waals surface area contributed by atoms with Crippen LogP contribution in [-0.4, -0.2) is 25.8 Å². The molecule has 1 unspecified atom stereocenters. The first-order valence-electron chi connectivity index (χ1n) is 6.67. The van der Waals surface area contributed by atoms with Crippen LogP contribution in [0.1, 0.15) is 46.0 Å². The Hall–Kier alpha value is -0.340. The molecule has 0 radical (unpaired) electrons. The zero-order chi connectivity index (χ0) is 11.4. The fourth-order valence-corrected chi connectivity index (χ4v) is 2.86. The lowest BCUT2D eigenvalue weighted by atomic mass is 9.73. The third-order valence-corrected chi connectivity index (χ3v) is 4.07. The molecule has 1 atom stereocenters. The predicted octanol–water partition coefficient (Wildman–Crippen LogP) is 2.89. The van der Waals surface area contributed by atoms with Crippen molar-refractivity contribution in [2.45, 2.75) is 52.0 Å². The lowest BCUT2D eigenvalue weighted by molar-refractivity contribution is 0.142. The van der Waals surface area contributed by atoms with E-state index >= 15 is 0 Å². The van der Waals surface area contributed by atoms with Gasteiger partial charge < -0.3 is 10.1 Å². The molecule has 2 aliphatic rings. The largest absolute Gasteiger partial charge is 0.377 e. The maximum Gasteiger partial charge on any atom is 0.0689 e. The summed E-state index contributed by atoms with van der Waals surface area (Å²) in [4.78, 5) is 0. The third kappa shape index (κ3) is 3.08. The molecule has 1 saturated carbocycles. The minimum absolute atomic E-state index is 0.467. The lowest BCUT2D eigenvalue weighted by Gasteiger charge is -2.39. The quantitative estimate of drug-likeness (QED) is 0.743. The topological polar surface area (TPSA) is 21.3 Å². The third-order valence-electron chi connectivity index (χ3n) is 4.07. The first-order valence-corrected chi connectivity index (χ1v) is 6.67. The van der Waals surface area contributed by atoms with Crippen molar-refractivity contribution in [3.8, 4) is 0 Å². The van der Waals surface area contributed by atoms with Crippen LogP contribution in [-0.2, 0) is 4.74 Å². The summed E-state index contributed by atoms with van der Waals surface area (Å²) < 4.78 is 5.47. The first kappa shape index (κ1) is 12.1. The highest BCUT2D eigenvalue weighted by molar-refractivity contribution is 5.07. The van der Waals surface area contributed by atoms with E-state index in [4.69, 9.17) is 4.74 Å². The lowest BCUT2D eigenvalue weighted by Crippen LogP contribution is -2.45. The highest BCUT2D eigenvalue weighted by Gasteiger charge is 2.31. The Bertz CT molecular complexity index is 257. The minimum Gasteiger partial charge on any atom is -0.377 e. The summed E-state index contributed by atoms with van der Waals surface area (Å²) in [7, 11) is 0. The smallest absolute Gasteiger partial charge is 0.0689 e. The number of hydrogen-bond donors (Lipinski definition) is 1. The van der Waals surface area contributed by atoms with E-state index in [0.717, 1.165) is 26.2 Å². The summed E-state index contributed by atoms with van der Waals surface area (Å²) >= 11 is 0. The second-order valence-electron chi connectivity index (χ2n) is 5.87. The summed E-state index contributed by atoms with van der Waals surface area (Å²) in [5, 5.41) is 3.73. The molecule has 1 fully saturated rings. The minimum atomic E-state index is 0.467. The summed E-state index contributed by atoms with van der Waals surface area (Å²) in [6.45, 7) is 7.55. The van der Waals surface area contributed by atoms with E-state index in [2.05, 4.69) is 25.2 Å². The summed E-state index contributed by atoms with van der Waals surface area (Å²) in [6, 6.07) is 0.684. The predicted molar refractivity (Wildman–Crippen MR) is 67.6 cm³/mol. The zero-order valence-corrected chi connectivity index (χ0v) is 10.7. The average Bonchev–Trinajstić information content (AvgIpc) is 2.28. The highest BCUT2D eigenvalue weighted by Crippen LogP contribution is 2.35. The van der Waals surface area contributed by atoms with Crippen molar-refractivity contribution in [1.29, 1.82) is 0 Å². The van der Waals surface area contributed by atoms with Gasteiger partial charge in [-0.1, -0.05) is 32.8 Å². The molecule has 0 aromatic rings. The van der Waals surface area contributed by atoms with E-state index in [-0.39, 0.29) is 0 Å². The van der Waals surface area contributed by atoms with E-state index in [1.807, 2.05) is 0 Å². The van der Waals surface area contributed by atoms with Crippen LogP contribution >= 0.6 is 0 Å². The molecule has 2 heteroatoms. The molecule has 1 heterocycles. The van der Waals surface area contributed by atoms with Gasteiger partial charge >= 0.3 is 0 Å². The van der Waals surface area contributed by atoms with Crippen molar-refractivity contribution in [1.82, 2.24) is 5.32 Å². The highest BCUT2D eigenvalue weighted by atomic mass is 16.5. The van der Waals surface area contributed by atoms with Crippen molar-refractivity contribution < 1.29 is 4.74 Å². The van der Waals surface area contributed by atoms with E-state index in [0.29, 0.717) is 11.5 Å². The second-order valence-corrected chi connectivity index (χ2v) is 5.87. The van der Waals surface area contributed by atoms with Crippen molar-refractivity contribution >= 4 is 0 Å².